The molecule has 1 aliphatic heterocycles. The number of hydrogen-bond donors (Lipinski definition) is 0. The second kappa shape index (κ2) is 7.48. The van der Waals surface area contributed by atoms with Gasteiger partial charge < -0.3 is 14.2 Å². The minimum Gasteiger partial charge on any atom is -0.497 e. The van der Waals surface area contributed by atoms with E-state index >= 15 is 0 Å². The quantitative estimate of drug-likeness (QED) is 0.758. The van der Waals surface area contributed by atoms with Crippen molar-refractivity contribution in [3.05, 3.63) is 53.6 Å². The van der Waals surface area contributed by atoms with Crippen molar-refractivity contribution in [2.75, 3.05) is 27.6 Å². The molecule has 0 spiro atoms. The molecule has 2 aromatic carbocycles. The molecular weight excluding hydrogens is 368 g/mol. The Kier molecular flexibility index (Phi) is 5.27. The van der Waals surface area contributed by atoms with Crippen LogP contribution in [0, 0.1) is 0 Å². The van der Waals surface area contributed by atoms with Gasteiger partial charge in [-0.3, -0.25) is 0 Å². The summed E-state index contributed by atoms with van der Waals surface area (Å²) in [7, 11) is 1.15. The van der Waals surface area contributed by atoms with Gasteiger partial charge in [-0.25, -0.2) is 8.42 Å². The fraction of sp³-hybridized carbons (Fsp3) is 0.316. The fourth-order valence-electron chi connectivity index (χ4n) is 3.09. The molecular formula is C19H22N2O5S. The Morgan fingerprint density at radius 2 is 1.70 bits per heavy atom. The van der Waals surface area contributed by atoms with E-state index in [-0.39, 0.29) is 0 Å². The van der Waals surface area contributed by atoms with Gasteiger partial charge in [-0.1, -0.05) is 12.1 Å². The molecule has 0 saturated heterocycles. The van der Waals surface area contributed by atoms with E-state index in [0.717, 1.165) is 21.8 Å². The van der Waals surface area contributed by atoms with E-state index in [1.807, 2.05) is 30.3 Å². The number of rotatable bonds is 6. The number of ether oxygens (including phenoxy) is 3. The molecule has 0 radical (unpaired) electrons. The summed E-state index contributed by atoms with van der Waals surface area (Å²) in [6.07, 6.45) is 1.57. The van der Waals surface area contributed by atoms with Gasteiger partial charge in [0.1, 0.15) is 17.2 Å². The van der Waals surface area contributed by atoms with E-state index < -0.39 is 16.1 Å². The summed E-state index contributed by atoms with van der Waals surface area (Å²) in [6, 6.07) is 12.3. The van der Waals surface area contributed by atoms with E-state index in [9.17, 15) is 8.42 Å². The molecule has 0 unspecified atom stereocenters. The first kappa shape index (κ1) is 19.0. The number of nitrogens with zero attached hydrogens (tertiary/aromatic N) is 2. The topological polar surface area (TPSA) is 77.4 Å². The third-order valence-corrected chi connectivity index (χ3v) is 5.43. The smallest absolute Gasteiger partial charge is 0.247 e. The van der Waals surface area contributed by atoms with Crippen LogP contribution >= 0.6 is 0 Å². The van der Waals surface area contributed by atoms with E-state index in [2.05, 4.69) is 5.10 Å². The molecule has 0 N–H and O–H groups in total. The molecule has 0 saturated carbocycles. The molecule has 8 heteroatoms. The Bertz CT molecular complexity index is 972. The van der Waals surface area contributed by atoms with Gasteiger partial charge in [0.2, 0.25) is 10.0 Å². The van der Waals surface area contributed by atoms with Crippen LogP contribution < -0.4 is 14.2 Å². The van der Waals surface area contributed by atoms with Crippen LogP contribution in [-0.2, 0) is 10.0 Å². The van der Waals surface area contributed by atoms with E-state index in [1.165, 1.54) is 0 Å². The molecule has 0 aromatic heterocycles. The maximum absolute atomic E-state index is 12.3. The molecule has 2 aromatic rings. The van der Waals surface area contributed by atoms with Gasteiger partial charge in [-0.2, -0.15) is 9.52 Å². The summed E-state index contributed by atoms with van der Waals surface area (Å²) in [5, 5.41) is 4.41. The lowest BCUT2D eigenvalue weighted by Crippen LogP contribution is -2.25. The Hall–Kier alpha value is -2.74. The molecule has 1 heterocycles. The average molecular weight is 390 g/mol. The van der Waals surface area contributed by atoms with Gasteiger partial charge in [0, 0.05) is 18.1 Å². The van der Waals surface area contributed by atoms with Gasteiger partial charge in [0.25, 0.3) is 0 Å². The number of methoxy groups -OCH3 is 3. The molecule has 7 nitrogen and oxygen atoms in total. The summed E-state index contributed by atoms with van der Waals surface area (Å²) < 4.78 is 41.8. The highest BCUT2D eigenvalue weighted by Gasteiger charge is 2.35. The summed E-state index contributed by atoms with van der Waals surface area (Å²) in [5.74, 6) is 1.89. The van der Waals surface area contributed by atoms with Crippen LogP contribution in [0.25, 0.3) is 0 Å². The highest BCUT2D eigenvalue weighted by molar-refractivity contribution is 7.88. The molecule has 27 heavy (non-hydrogen) atoms. The normalized spacial score (nSPS) is 16.8. The van der Waals surface area contributed by atoms with Gasteiger partial charge in [0.15, 0.2) is 0 Å². The first-order valence-corrected chi connectivity index (χ1v) is 10.2. The second-order valence-electron chi connectivity index (χ2n) is 6.14. The largest absolute Gasteiger partial charge is 0.497 e. The maximum atomic E-state index is 12.3. The van der Waals surface area contributed by atoms with Gasteiger partial charge in [-0.05, 0) is 29.8 Å². The highest BCUT2D eigenvalue weighted by Crippen LogP contribution is 2.38. The third-order valence-electron chi connectivity index (χ3n) is 4.41. The lowest BCUT2D eigenvalue weighted by molar-refractivity contribution is 0.371. The monoisotopic (exact) mass is 390 g/mol. The zero-order chi connectivity index (χ0) is 19.6. The zero-order valence-electron chi connectivity index (χ0n) is 15.7. The highest BCUT2D eigenvalue weighted by atomic mass is 32.2. The van der Waals surface area contributed by atoms with Crippen molar-refractivity contribution in [2.45, 2.75) is 12.5 Å². The van der Waals surface area contributed by atoms with Crippen molar-refractivity contribution in [3.63, 3.8) is 0 Å². The molecule has 0 bridgehead atoms. The fourth-order valence-corrected chi connectivity index (χ4v) is 4.00. The predicted molar refractivity (Wildman–Crippen MR) is 103 cm³/mol. The van der Waals surface area contributed by atoms with Crippen molar-refractivity contribution in [2.24, 2.45) is 5.10 Å². The summed E-state index contributed by atoms with van der Waals surface area (Å²) in [4.78, 5) is 0. The molecule has 1 atom stereocenters. The van der Waals surface area contributed by atoms with Gasteiger partial charge in [-0.15, -0.1) is 0 Å². The molecule has 0 aliphatic carbocycles. The Labute approximate surface area is 159 Å². The Morgan fingerprint density at radius 3 is 2.33 bits per heavy atom. The average Bonchev–Trinajstić information content (AvgIpc) is 3.13. The van der Waals surface area contributed by atoms with Crippen molar-refractivity contribution in [1.29, 1.82) is 0 Å². The number of benzene rings is 2. The van der Waals surface area contributed by atoms with Crippen LogP contribution in [0.3, 0.4) is 0 Å². The van der Waals surface area contributed by atoms with Crippen LogP contribution in [0.15, 0.2) is 47.6 Å². The van der Waals surface area contributed by atoms with Crippen LogP contribution in [-0.4, -0.2) is 46.1 Å². The number of sulfonamides is 1. The first-order chi connectivity index (χ1) is 12.9. The van der Waals surface area contributed by atoms with E-state index in [0.29, 0.717) is 29.4 Å². The van der Waals surface area contributed by atoms with Gasteiger partial charge in [0.05, 0.1) is 39.3 Å². The first-order valence-electron chi connectivity index (χ1n) is 8.30. The molecule has 3 rings (SSSR count). The summed E-state index contributed by atoms with van der Waals surface area (Å²) in [6.45, 7) is 0. The van der Waals surface area contributed by atoms with Crippen molar-refractivity contribution in [3.8, 4) is 17.2 Å². The maximum Gasteiger partial charge on any atom is 0.247 e. The van der Waals surface area contributed by atoms with Crippen molar-refractivity contribution in [1.82, 2.24) is 4.41 Å². The predicted octanol–water partition coefficient (Wildman–Crippen LogP) is 2.82. The van der Waals surface area contributed by atoms with Gasteiger partial charge >= 0.3 is 0 Å². The van der Waals surface area contributed by atoms with Crippen LogP contribution in [0.1, 0.15) is 23.6 Å². The standard InChI is InChI=1S/C19H22N2O5S/c1-24-14-7-5-6-13(10-14)18-12-17(20-21(18)27(4,22)23)16-9-8-15(25-2)11-19(16)26-3/h5-11,18H,12H2,1-4H3/t18-/m1/s1. The molecule has 1 aliphatic rings. The third kappa shape index (κ3) is 3.85. The van der Waals surface area contributed by atoms with Crippen molar-refractivity contribution < 1.29 is 22.6 Å². The zero-order valence-corrected chi connectivity index (χ0v) is 16.5. The summed E-state index contributed by atoms with van der Waals surface area (Å²) in [5.41, 5.74) is 2.18. The van der Waals surface area contributed by atoms with Crippen LogP contribution in [0.5, 0.6) is 17.2 Å². The minimum absolute atomic E-state index is 0.420. The summed E-state index contributed by atoms with van der Waals surface area (Å²) >= 11 is 0. The lowest BCUT2D eigenvalue weighted by atomic mass is 9.98. The molecule has 144 valence electrons. The SMILES string of the molecule is COc1cccc([C@H]2CC(c3ccc(OC)cc3OC)=NN2S(C)(=O)=O)c1. The number of hydrazone groups is 1. The van der Waals surface area contributed by atoms with Crippen LogP contribution in [0.2, 0.25) is 0 Å². The van der Waals surface area contributed by atoms with E-state index in [1.54, 1.807) is 33.5 Å². The van der Waals surface area contributed by atoms with Crippen LogP contribution in [0.4, 0.5) is 0 Å². The number of hydrogen-bond acceptors (Lipinski definition) is 6. The van der Waals surface area contributed by atoms with E-state index in [4.69, 9.17) is 14.2 Å². The molecule has 0 fully saturated rings. The van der Waals surface area contributed by atoms with Crippen molar-refractivity contribution >= 4 is 15.7 Å². The lowest BCUT2D eigenvalue weighted by Gasteiger charge is -2.21. The Morgan fingerprint density at radius 1 is 1.00 bits per heavy atom. The second-order valence-corrected chi connectivity index (χ2v) is 7.99. The Balaban J connectivity index is 2.04. The molecule has 0 amide bonds. The minimum atomic E-state index is -3.55.